The van der Waals surface area contributed by atoms with Gasteiger partial charge in [-0.2, -0.15) is 0 Å². The molecule has 0 bridgehead atoms. The number of anilines is 1. The zero-order valence-electron chi connectivity index (χ0n) is 13.5. The first-order valence-corrected chi connectivity index (χ1v) is 9.19. The van der Waals surface area contributed by atoms with Gasteiger partial charge in [-0.25, -0.2) is 4.98 Å². The number of carbonyl (C=O) groups is 1. The highest BCUT2D eigenvalue weighted by molar-refractivity contribution is 7.09. The van der Waals surface area contributed by atoms with E-state index in [1.54, 1.807) is 11.3 Å². The maximum Gasteiger partial charge on any atom is 0.275 e. The highest BCUT2D eigenvalue weighted by Crippen LogP contribution is 2.18. The van der Waals surface area contributed by atoms with Crippen LogP contribution in [0.15, 0.2) is 29.6 Å². The van der Waals surface area contributed by atoms with Crippen LogP contribution in [0.3, 0.4) is 0 Å². The van der Waals surface area contributed by atoms with Crippen LogP contribution in [0.4, 0.5) is 5.69 Å². The molecule has 1 amide bonds. The van der Waals surface area contributed by atoms with Gasteiger partial charge in [0.25, 0.3) is 5.91 Å². The van der Waals surface area contributed by atoms with Gasteiger partial charge in [-0.15, -0.1) is 11.3 Å². The van der Waals surface area contributed by atoms with E-state index in [2.05, 4.69) is 34.3 Å². The first kappa shape index (κ1) is 16.1. The molecular formula is C18H23N3OS. The van der Waals surface area contributed by atoms with Gasteiger partial charge in [-0.3, -0.25) is 9.69 Å². The maximum atomic E-state index is 12.3. The summed E-state index contributed by atoms with van der Waals surface area (Å²) >= 11 is 1.56. The molecule has 2 heterocycles. The fourth-order valence-electron chi connectivity index (χ4n) is 2.89. The lowest BCUT2D eigenvalue weighted by atomic mass is 10.2. The number of amides is 1. The molecule has 1 aliphatic rings. The van der Waals surface area contributed by atoms with Crippen molar-refractivity contribution in [2.45, 2.75) is 39.2 Å². The normalized spacial score (nSPS) is 15.0. The molecule has 1 aliphatic heterocycles. The van der Waals surface area contributed by atoms with Crippen LogP contribution >= 0.6 is 11.3 Å². The van der Waals surface area contributed by atoms with Crippen LogP contribution in [0.1, 0.15) is 47.2 Å². The van der Waals surface area contributed by atoms with E-state index in [0.717, 1.165) is 30.1 Å². The standard InChI is InChI=1S/C18H23N3OS/c1-2-6-17-20-16(13-23-17)18(22)19-15-8-5-7-14(11-15)12-21-9-3-4-10-21/h5,7-8,11,13H,2-4,6,9-10,12H2,1H3,(H,19,22). The van der Waals surface area contributed by atoms with Gasteiger partial charge in [-0.1, -0.05) is 19.1 Å². The minimum atomic E-state index is -0.123. The van der Waals surface area contributed by atoms with Gasteiger partial charge in [0.1, 0.15) is 5.69 Å². The molecule has 0 radical (unpaired) electrons. The van der Waals surface area contributed by atoms with Gasteiger partial charge < -0.3 is 5.32 Å². The average Bonchev–Trinajstić information content (AvgIpc) is 3.20. The van der Waals surface area contributed by atoms with E-state index in [1.165, 1.54) is 31.5 Å². The van der Waals surface area contributed by atoms with Crippen LogP contribution in [-0.4, -0.2) is 28.9 Å². The molecule has 2 aromatic rings. The minimum Gasteiger partial charge on any atom is -0.321 e. The third-order valence-corrected chi connectivity index (χ3v) is 4.95. The van der Waals surface area contributed by atoms with Crippen molar-refractivity contribution in [3.8, 4) is 0 Å². The van der Waals surface area contributed by atoms with Gasteiger partial charge in [0.15, 0.2) is 0 Å². The lowest BCUT2D eigenvalue weighted by molar-refractivity contribution is 0.102. The molecule has 0 saturated carbocycles. The summed E-state index contributed by atoms with van der Waals surface area (Å²) in [5, 5.41) is 5.84. The lowest BCUT2D eigenvalue weighted by Crippen LogP contribution is -2.18. The van der Waals surface area contributed by atoms with Crippen molar-refractivity contribution < 1.29 is 4.79 Å². The van der Waals surface area contributed by atoms with E-state index in [9.17, 15) is 4.79 Å². The number of thiazole rings is 1. The van der Waals surface area contributed by atoms with Crippen molar-refractivity contribution >= 4 is 22.9 Å². The minimum absolute atomic E-state index is 0.123. The van der Waals surface area contributed by atoms with Crippen molar-refractivity contribution in [1.29, 1.82) is 0 Å². The molecule has 4 nitrogen and oxygen atoms in total. The molecule has 0 atom stereocenters. The van der Waals surface area contributed by atoms with E-state index >= 15 is 0 Å². The van der Waals surface area contributed by atoms with E-state index in [4.69, 9.17) is 0 Å². The SMILES string of the molecule is CCCc1nc(C(=O)Nc2cccc(CN3CCCC3)c2)cs1. The summed E-state index contributed by atoms with van der Waals surface area (Å²) in [6, 6.07) is 8.13. The summed E-state index contributed by atoms with van der Waals surface area (Å²) in [7, 11) is 0. The number of aromatic nitrogens is 1. The summed E-state index contributed by atoms with van der Waals surface area (Å²) in [4.78, 5) is 19.2. The third kappa shape index (κ3) is 4.39. The number of rotatable bonds is 6. The highest BCUT2D eigenvalue weighted by atomic mass is 32.1. The highest BCUT2D eigenvalue weighted by Gasteiger charge is 2.13. The maximum absolute atomic E-state index is 12.3. The summed E-state index contributed by atoms with van der Waals surface area (Å²) in [6.45, 7) is 5.43. The van der Waals surface area contributed by atoms with Crippen LogP contribution in [0.5, 0.6) is 0 Å². The fourth-order valence-corrected chi connectivity index (χ4v) is 3.77. The molecule has 1 aromatic carbocycles. The molecule has 122 valence electrons. The molecule has 3 rings (SSSR count). The van der Waals surface area contributed by atoms with Crippen molar-refractivity contribution in [2.24, 2.45) is 0 Å². The Labute approximate surface area is 141 Å². The number of likely N-dealkylation sites (tertiary alicyclic amines) is 1. The first-order valence-electron chi connectivity index (χ1n) is 8.31. The summed E-state index contributed by atoms with van der Waals surface area (Å²) in [5.41, 5.74) is 2.61. The molecular weight excluding hydrogens is 306 g/mol. The van der Waals surface area contributed by atoms with E-state index < -0.39 is 0 Å². The van der Waals surface area contributed by atoms with Crippen molar-refractivity contribution in [2.75, 3.05) is 18.4 Å². The van der Waals surface area contributed by atoms with Crippen LogP contribution in [-0.2, 0) is 13.0 Å². The Kier molecular flexibility index (Phi) is 5.41. The second-order valence-corrected chi connectivity index (χ2v) is 6.96. The molecule has 1 saturated heterocycles. The van der Waals surface area contributed by atoms with Crippen LogP contribution < -0.4 is 5.32 Å². The Morgan fingerprint density at radius 1 is 1.35 bits per heavy atom. The lowest BCUT2D eigenvalue weighted by Gasteiger charge is -2.15. The fraction of sp³-hybridized carbons (Fsp3) is 0.444. The smallest absolute Gasteiger partial charge is 0.275 e. The third-order valence-electron chi connectivity index (χ3n) is 4.04. The Balaban J connectivity index is 1.63. The summed E-state index contributed by atoms with van der Waals surface area (Å²) in [5.74, 6) is -0.123. The number of benzene rings is 1. The molecule has 0 unspecified atom stereocenters. The predicted molar refractivity (Wildman–Crippen MR) is 95.0 cm³/mol. The van der Waals surface area contributed by atoms with Crippen LogP contribution in [0, 0.1) is 0 Å². The zero-order chi connectivity index (χ0) is 16.1. The van der Waals surface area contributed by atoms with Crippen molar-refractivity contribution in [3.05, 3.63) is 45.9 Å². The number of nitrogens with one attached hydrogen (secondary N) is 1. The summed E-state index contributed by atoms with van der Waals surface area (Å²) in [6.07, 6.45) is 4.57. The zero-order valence-corrected chi connectivity index (χ0v) is 14.4. The number of hydrogen-bond acceptors (Lipinski definition) is 4. The number of carbonyl (C=O) groups excluding carboxylic acids is 1. The second kappa shape index (κ2) is 7.70. The Bertz CT molecular complexity index is 662. The number of nitrogens with zero attached hydrogens (tertiary/aromatic N) is 2. The topological polar surface area (TPSA) is 45.2 Å². The van der Waals surface area contributed by atoms with E-state index in [1.807, 2.05) is 17.5 Å². The molecule has 1 N–H and O–H groups in total. The van der Waals surface area contributed by atoms with Crippen molar-refractivity contribution in [3.63, 3.8) is 0 Å². The predicted octanol–water partition coefficient (Wildman–Crippen LogP) is 3.94. The Morgan fingerprint density at radius 2 is 2.17 bits per heavy atom. The van der Waals surface area contributed by atoms with Gasteiger partial charge in [0.2, 0.25) is 0 Å². The number of aryl methyl sites for hydroxylation is 1. The molecule has 1 fully saturated rings. The van der Waals surface area contributed by atoms with Gasteiger partial charge in [-0.05, 0) is 56.5 Å². The van der Waals surface area contributed by atoms with Gasteiger partial charge >= 0.3 is 0 Å². The Morgan fingerprint density at radius 3 is 2.96 bits per heavy atom. The van der Waals surface area contributed by atoms with Crippen LogP contribution in [0.25, 0.3) is 0 Å². The summed E-state index contributed by atoms with van der Waals surface area (Å²) < 4.78 is 0. The molecule has 1 aromatic heterocycles. The van der Waals surface area contributed by atoms with E-state index in [-0.39, 0.29) is 5.91 Å². The van der Waals surface area contributed by atoms with Crippen LogP contribution in [0.2, 0.25) is 0 Å². The second-order valence-electron chi connectivity index (χ2n) is 6.01. The quantitative estimate of drug-likeness (QED) is 0.873. The number of hydrogen-bond donors (Lipinski definition) is 1. The molecule has 5 heteroatoms. The monoisotopic (exact) mass is 329 g/mol. The average molecular weight is 329 g/mol. The molecule has 23 heavy (non-hydrogen) atoms. The largest absolute Gasteiger partial charge is 0.321 e. The molecule has 0 aliphatic carbocycles. The van der Waals surface area contributed by atoms with E-state index in [0.29, 0.717) is 5.69 Å². The first-order chi connectivity index (χ1) is 11.2. The van der Waals surface area contributed by atoms with Gasteiger partial charge in [0.05, 0.1) is 5.01 Å². The van der Waals surface area contributed by atoms with Crippen molar-refractivity contribution in [1.82, 2.24) is 9.88 Å². The molecule has 0 spiro atoms. The Hall–Kier alpha value is -1.72. The van der Waals surface area contributed by atoms with Gasteiger partial charge in [0, 0.05) is 17.6 Å².